The van der Waals surface area contributed by atoms with Gasteiger partial charge in [0.2, 0.25) is 5.90 Å². The first-order valence-electron chi connectivity index (χ1n) is 6.43. The van der Waals surface area contributed by atoms with Crippen molar-refractivity contribution < 1.29 is 14.3 Å². The van der Waals surface area contributed by atoms with Gasteiger partial charge in [0.05, 0.1) is 21.3 Å². The van der Waals surface area contributed by atoms with Crippen molar-refractivity contribution >= 4 is 40.9 Å². The maximum absolute atomic E-state index is 11.9. The lowest BCUT2D eigenvalue weighted by molar-refractivity contribution is 0.135. The van der Waals surface area contributed by atoms with Gasteiger partial charge in [-0.25, -0.2) is 9.79 Å². The van der Waals surface area contributed by atoms with Gasteiger partial charge in [0, 0.05) is 0 Å². The minimum Gasteiger partial charge on any atom is -0.476 e. The van der Waals surface area contributed by atoms with Crippen molar-refractivity contribution in [3.63, 3.8) is 0 Å². The van der Waals surface area contributed by atoms with E-state index < -0.39 is 12.2 Å². The topological polar surface area (TPSA) is 59.9 Å². The lowest BCUT2D eigenvalue weighted by atomic mass is 10.1. The monoisotopic (exact) mass is 330 g/mol. The Morgan fingerprint density at radius 1 is 1.48 bits per heavy atom. The van der Waals surface area contributed by atoms with Gasteiger partial charge in [-0.15, -0.1) is 0 Å². The van der Waals surface area contributed by atoms with Crippen LogP contribution in [0.25, 0.3) is 0 Å². The molecule has 1 N–H and O–H groups in total. The molecule has 1 aromatic carbocycles. The van der Waals surface area contributed by atoms with E-state index in [2.05, 4.69) is 10.3 Å². The summed E-state index contributed by atoms with van der Waals surface area (Å²) in [7, 11) is 0. The number of anilines is 1. The summed E-state index contributed by atoms with van der Waals surface area (Å²) in [6, 6.07) is 4.94. The number of ether oxygens (including phenoxy) is 2. The molecule has 21 heavy (non-hydrogen) atoms. The lowest BCUT2D eigenvalue weighted by Crippen LogP contribution is -2.27. The first-order chi connectivity index (χ1) is 9.78. The first-order valence-corrected chi connectivity index (χ1v) is 7.18. The number of hydrogen-bond donors (Lipinski definition) is 1. The Labute approximate surface area is 133 Å². The summed E-state index contributed by atoms with van der Waals surface area (Å²) >= 11 is 11.9. The Kier molecular flexibility index (Phi) is 4.64. The Morgan fingerprint density at radius 3 is 2.81 bits per heavy atom. The summed E-state index contributed by atoms with van der Waals surface area (Å²) in [6.45, 7) is 6.05. The Morgan fingerprint density at radius 2 is 2.19 bits per heavy atom. The SMILES string of the molecule is CC(OC(=O)Nc1cccc(Cl)c1Cl)C1=NC(C)(C)CO1. The summed E-state index contributed by atoms with van der Waals surface area (Å²) in [5.74, 6) is 0.410. The highest BCUT2D eigenvalue weighted by Gasteiger charge is 2.30. The van der Waals surface area contributed by atoms with E-state index in [4.69, 9.17) is 32.7 Å². The summed E-state index contributed by atoms with van der Waals surface area (Å²) < 4.78 is 10.6. The fourth-order valence-corrected chi connectivity index (χ4v) is 2.12. The van der Waals surface area contributed by atoms with E-state index in [9.17, 15) is 4.79 Å². The van der Waals surface area contributed by atoms with Gasteiger partial charge in [-0.3, -0.25) is 5.32 Å². The molecule has 1 unspecified atom stereocenters. The molecule has 1 aliphatic heterocycles. The average molecular weight is 331 g/mol. The van der Waals surface area contributed by atoms with Crippen LogP contribution in [0.15, 0.2) is 23.2 Å². The van der Waals surface area contributed by atoms with Crippen molar-refractivity contribution in [2.24, 2.45) is 4.99 Å². The van der Waals surface area contributed by atoms with Gasteiger partial charge in [0.15, 0.2) is 6.10 Å². The molecule has 0 aromatic heterocycles. The molecule has 0 bridgehead atoms. The van der Waals surface area contributed by atoms with Crippen LogP contribution in [0.4, 0.5) is 10.5 Å². The average Bonchev–Trinajstić information content (AvgIpc) is 2.75. The molecule has 1 amide bonds. The van der Waals surface area contributed by atoms with Crippen molar-refractivity contribution in [3.05, 3.63) is 28.2 Å². The summed E-state index contributed by atoms with van der Waals surface area (Å²) in [5, 5.41) is 3.16. The molecule has 2 rings (SSSR count). The van der Waals surface area contributed by atoms with Gasteiger partial charge in [0.25, 0.3) is 0 Å². The molecule has 114 valence electrons. The smallest absolute Gasteiger partial charge is 0.412 e. The number of amides is 1. The number of nitrogens with zero attached hydrogens (tertiary/aromatic N) is 1. The fraction of sp³-hybridized carbons (Fsp3) is 0.429. The molecule has 1 atom stereocenters. The van der Waals surface area contributed by atoms with Crippen LogP contribution < -0.4 is 5.32 Å². The van der Waals surface area contributed by atoms with Crippen molar-refractivity contribution in [2.75, 3.05) is 11.9 Å². The number of carbonyl (C=O) groups excluding carboxylic acids is 1. The normalized spacial score (nSPS) is 17.7. The molecule has 0 fully saturated rings. The lowest BCUT2D eigenvalue weighted by Gasteiger charge is -2.14. The van der Waals surface area contributed by atoms with Crippen molar-refractivity contribution in [3.8, 4) is 0 Å². The van der Waals surface area contributed by atoms with Crippen molar-refractivity contribution in [2.45, 2.75) is 32.4 Å². The molecule has 0 aliphatic carbocycles. The Hall–Kier alpha value is -1.46. The largest absolute Gasteiger partial charge is 0.476 e. The molecule has 0 radical (unpaired) electrons. The van der Waals surface area contributed by atoms with E-state index in [-0.39, 0.29) is 10.6 Å². The number of rotatable bonds is 3. The molecule has 0 saturated heterocycles. The van der Waals surface area contributed by atoms with Crippen LogP contribution in [0, 0.1) is 0 Å². The third kappa shape index (κ3) is 4.02. The molecular formula is C14H16Cl2N2O3. The van der Waals surface area contributed by atoms with Crippen LogP contribution >= 0.6 is 23.2 Å². The maximum Gasteiger partial charge on any atom is 0.412 e. The zero-order valence-corrected chi connectivity index (χ0v) is 13.5. The van der Waals surface area contributed by atoms with E-state index in [1.165, 1.54) is 0 Å². The van der Waals surface area contributed by atoms with E-state index >= 15 is 0 Å². The minimum absolute atomic E-state index is 0.263. The van der Waals surface area contributed by atoms with Crippen LogP contribution in [-0.4, -0.2) is 30.2 Å². The van der Waals surface area contributed by atoms with Gasteiger partial charge < -0.3 is 9.47 Å². The summed E-state index contributed by atoms with van der Waals surface area (Å²) in [5.41, 5.74) is 0.0932. The Bertz CT molecular complexity index is 588. The standard InChI is InChI=1S/C14H16Cl2N2O3/c1-8(12-18-14(2,3)7-20-12)21-13(19)17-10-6-4-5-9(15)11(10)16/h4-6,8H,7H2,1-3H3,(H,17,19). The third-order valence-corrected chi connectivity index (χ3v) is 3.62. The molecular weight excluding hydrogens is 315 g/mol. The van der Waals surface area contributed by atoms with E-state index in [1.54, 1.807) is 25.1 Å². The van der Waals surface area contributed by atoms with Gasteiger partial charge in [-0.2, -0.15) is 0 Å². The number of aliphatic imine (C=N–C) groups is 1. The highest BCUT2D eigenvalue weighted by atomic mass is 35.5. The second-order valence-electron chi connectivity index (χ2n) is 5.33. The number of hydrogen-bond acceptors (Lipinski definition) is 4. The molecule has 1 heterocycles. The van der Waals surface area contributed by atoms with Crippen LogP contribution in [-0.2, 0) is 9.47 Å². The highest BCUT2D eigenvalue weighted by molar-refractivity contribution is 6.43. The zero-order chi connectivity index (χ0) is 15.6. The van der Waals surface area contributed by atoms with Crippen molar-refractivity contribution in [1.82, 2.24) is 0 Å². The second-order valence-corrected chi connectivity index (χ2v) is 6.11. The van der Waals surface area contributed by atoms with Crippen LogP contribution in [0.3, 0.4) is 0 Å². The first kappa shape index (κ1) is 15.9. The van der Waals surface area contributed by atoms with E-state index in [0.29, 0.717) is 23.2 Å². The zero-order valence-electron chi connectivity index (χ0n) is 11.9. The summed E-state index contributed by atoms with van der Waals surface area (Å²) in [4.78, 5) is 16.2. The molecule has 7 heteroatoms. The van der Waals surface area contributed by atoms with E-state index in [0.717, 1.165) is 0 Å². The molecule has 1 aromatic rings. The molecule has 1 aliphatic rings. The van der Waals surface area contributed by atoms with Gasteiger partial charge in [-0.05, 0) is 32.9 Å². The van der Waals surface area contributed by atoms with Crippen LogP contribution in [0.1, 0.15) is 20.8 Å². The third-order valence-electron chi connectivity index (χ3n) is 2.81. The van der Waals surface area contributed by atoms with E-state index in [1.807, 2.05) is 13.8 Å². The maximum atomic E-state index is 11.9. The van der Waals surface area contributed by atoms with Gasteiger partial charge in [-0.1, -0.05) is 29.3 Å². The second kappa shape index (κ2) is 6.12. The van der Waals surface area contributed by atoms with Crippen molar-refractivity contribution in [1.29, 1.82) is 0 Å². The quantitative estimate of drug-likeness (QED) is 0.906. The Balaban J connectivity index is 1.98. The molecule has 5 nitrogen and oxygen atoms in total. The fourth-order valence-electron chi connectivity index (χ4n) is 1.77. The number of carbonyl (C=O) groups is 1. The van der Waals surface area contributed by atoms with Crippen LogP contribution in [0.5, 0.6) is 0 Å². The predicted octanol–water partition coefficient (Wildman–Crippen LogP) is 4.14. The highest BCUT2D eigenvalue weighted by Crippen LogP contribution is 2.29. The number of benzene rings is 1. The van der Waals surface area contributed by atoms with Crippen LogP contribution in [0.2, 0.25) is 10.0 Å². The molecule has 0 spiro atoms. The number of nitrogens with one attached hydrogen (secondary N) is 1. The predicted molar refractivity (Wildman–Crippen MR) is 83.5 cm³/mol. The molecule has 0 saturated carbocycles. The van der Waals surface area contributed by atoms with Gasteiger partial charge >= 0.3 is 6.09 Å². The minimum atomic E-state index is -0.650. The summed E-state index contributed by atoms with van der Waals surface area (Å²) in [6.07, 6.45) is -1.23. The van der Waals surface area contributed by atoms with Gasteiger partial charge in [0.1, 0.15) is 6.61 Å². The number of halogens is 2.